The molecule has 7 heteroatoms. The number of rotatable bonds is 3. The molecule has 1 aromatic heterocycles. The number of hydrogen-bond donors (Lipinski definition) is 2. The van der Waals surface area contributed by atoms with E-state index in [1.165, 1.54) is 6.20 Å². The molecule has 4 rings (SSSR count). The van der Waals surface area contributed by atoms with Crippen LogP contribution < -0.4 is 16.1 Å². The average molecular weight is 329 g/mol. The minimum Gasteiger partial charge on any atom is -0.477 e. The summed E-state index contributed by atoms with van der Waals surface area (Å²) in [6.07, 6.45) is 6.71. The van der Waals surface area contributed by atoms with E-state index in [9.17, 15) is 19.1 Å². The Labute approximate surface area is 136 Å². The summed E-state index contributed by atoms with van der Waals surface area (Å²) in [7, 11) is 0. The lowest BCUT2D eigenvalue weighted by atomic mass is 10.1. The molecule has 1 aliphatic carbocycles. The van der Waals surface area contributed by atoms with Crippen molar-refractivity contribution >= 4 is 22.6 Å². The first kappa shape index (κ1) is 14.9. The third-order valence-electron chi connectivity index (χ3n) is 4.50. The zero-order chi connectivity index (χ0) is 17.0. The SMILES string of the molecule is NC1C=CN(c2cc3c(cc2F)c(=O)c(C(=O)O)cn3C2CC2)C1. The van der Waals surface area contributed by atoms with Crippen LogP contribution in [0.2, 0.25) is 0 Å². The maximum Gasteiger partial charge on any atom is 0.341 e. The van der Waals surface area contributed by atoms with Crippen LogP contribution in [0.15, 0.2) is 35.4 Å². The molecule has 0 amide bonds. The van der Waals surface area contributed by atoms with Crippen LogP contribution in [0.3, 0.4) is 0 Å². The molecule has 1 atom stereocenters. The van der Waals surface area contributed by atoms with Gasteiger partial charge in [0.05, 0.1) is 11.2 Å². The third-order valence-corrected chi connectivity index (χ3v) is 4.50. The Hall–Kier alpha value is -2.67. The van der Waals surface area contributed by atoms with Crippen LogP contribution >= 0.6 is 0 Å². The highest BCUT2D eigenvalue weighted by Gasteiger charge is 2.28. The number of carbonyl (C=O) groups is 1. The fraction of sp³-hybridized carbons (Fsp3) is 0.294. The topological polar surface area (TPSA) is 88.6 Å². The van der Waals surface area contributed by atoms with Gasteiger partial charge in [0.1, 0.15) is 11.4 Å². The molecule has 0 spiro atoms. The number of carboxylic acid groups (broad SMARTS) is 1. The Morgan fingerprint density at radius 1 is 1.33 bits per heavy atom. The van der Waals surface area contributed by atoms with E-state index < -0.39 is 17.2 Å². The van der Waals surface area contributed by atoms with Crippen LogP contribution in [-0.2, 0) is 0 Å². The van der Waals surface area contributed by atoms with Crippen molar-refractivity contribution in [2.45, 2.75) is 24.9 Å². The normalized spacial score (nSPS) is 20.1. The highest BCUT2D eigenvalue weighted by molar-refractivity contribution is 5.93. The van der Waals surface area contributed by atoms with Gasteiger partial charge in [0.25, 0.3) is 0 Å². The number of halogens is 1. The molecule has 2 aliphatic rings. The lowest BCUT2D eigenvalue weighted by molar-refractivity contribution is 0.0695. The zero-order valence-electron chi connectivity index (χ0n) is 12.8. The summed E-state index contributed by atoms with van der Waals surface area (Å²) in [6.45, 7) is 0.462. The number of carboxylic acids is 1. The number of nitrogens with zero attached hydrogens (tertiary/aromatic N) is 2. The van der Waals surface area contributed by atoms with Crippen molar-refractivity contribution in [3.05, 3.63) is 52.2 Å². The van der Waals surface area contributed by atoms with Gasteiger partial charge in [0.2, 0.25) is 5.43 Å². The molecule has 0 saturated heterocycles. The Balaban J connectivity index is 1.97. The van der Waals surface area contributed by atoms with Gasteiger partial charge in [-0.15, -0.1) is 0 Å². The molecule has 124 valence electrons. The standard InChI is InChI=1S/C17H16FN3O3/c18-13-5-11-14(6-15(13)20-4-3-9(19)7-20)21(10-1-2-10)8-12(16(11)22)17(23)24/h3-6,8-10H,1-2,7,19H2,(H,23,24). The molecular weight excluding hydrogens is 313 g/mol. The van der Waals surface area contributed by atoms with Crippen LogP contribution in [0.5, 0.6) is 0 Å². The molecule has 2 heterocycles. The molecule has 2 aromatic rings. The van der Waals surface area contributed by atoms with Crippen LogP contribution in [0.1, 0.15) is 29.2 Å². The van der Waals surface area contributed by atoms with Crippen LogP contribution in [0.4, 0.5) is 10.1 Å². The molecule has 6 nitrogen and oxygen atoms in total. The minimum atomic E-state index is -1.30. The first-order valence-corrected chi connectivity index (χ1v) is 7.78. The molecule has 1 aromatic carbocycles. The predicted molar refractivity (Wildman–Crippen MR) is 87.9 cm³/mol. The van der Waals surface area contributed by atoms with Gasteiger partial charge in [0, 0.05) is 36.4 Å². The Bertz CT molecular complexity index is 946. The lowest BCUT2D eigenvalue weighted by Crippen LogP contribution is -2.27. The Morgan fingerprint density at radius 2 is 2.08 bits per heavy atom. The summed E-state index contributed by atoms with van der Waals surface area (Å²) in [6, 6.07) is 2.73. The molecule has 1 unspecified atom stereocenters. The highest BCUT2D eigenvalue weighted by Crippen LogP contribution is 2.38. The highest BCUT2D eigenvalue weighted by atomic mass is 19.1. The lowest BCUT2D eigenvalue weighted by Gasteiger charge is -2.20. The van der Waals surface area contributed by atoms with Gasteiger partial charge in [0.15, 0.2) is 0 Å². The predicted octanol–water partition coefficient (Wildman–Crippen LogP) is 1.83. The number of nitrogens with two attached hydrogens (primary N) is 1. The summed E-state index contributed by atoms with van der Waals surface area (Å²) in [5, 5.41) is 9.33. The van der Waals surface area contributed by atoms with Crippen molar-refractivity contribution in [3.63, 3.8) is 0 Å². The van der Waals surface area contributed by atoms with Crippen molar-refractivity contribution in [3.8, 4) is 0 Å². The van der Waals surface area contributed by atoms with E-state index >= 15 is 0 Å². The van der Waals surface area contributed by atoms with Crippen molar-refractivity contribution in [2.24, 2.45) is 5.73 Å². The van der Waals surface area contributed by atoms with Crippen molar-refractivity contribution in [1.29, 1.82) is 0 Å². The van der Waals surface area contributed by atoms with Gasteiger partial charge in [-0.1, -0.05) is 0 Å². The summed E-state index contributed by atoms with van der Waals surface area (Å²) >= 11 is 0. The molecule has 0 radical (unpaired) electrons. The monoisotopic (exact) mass is 329 g/mol. The minimum absolute atomic E-state index is 0.0931. The van der Waals surface area contributed by atoms with E-state index in [0.29, 0.717) is 17.7 Å². The maximum atomic E-state index is 14.5. The van der Waals surface area contributed by atoms with Gasteiger partial charge < -0.3 is 20.3 Å². The second kappa shape index (κ2) is 5.17. The second-order valence-electron chi connectivity index (χ2n) is 6.29. The van der Waals surface area contributed by atoms with Gasteiger partial charge in [-0.3, -0.25) is 4.79 Å². The van der Waals surface area contributed by atoms with Crippen LogP contribution in [0, 0.1) is 5.82 Å². The summed E-state index contributed by atoms with van der Waals surface area (Å²) in [5.74, 6) is -1.86. The smallest absolute Gasteiger partial charge is 0.341 e. The fourth-order valence-corrected chi connectivity index (χ4v) is 3.13. The quantitative estimate of drug-likeness (QED) is 0.897. The third kappa shape index (κ3) is 2.28. The van der Waals surface area contributed by atoms with Gasteiger partial charge in [-0.25, -0.2) is 9.18 Å². The number of benzene rings is 1. The average Bonchev–Trinajstić information content (AvgIpc) is 3.28. The van der Waals surface area contributed by atoms with Crippen molar-refractivity contribution in [2.75, 3.05) is 11.4 Å². The maximum absolute atomic E-state index is 14.5. The first-order valence-electron chi connectivity index (χ1n) is 7.78. The van der Waals surface area contributed by atoms with Gasteiger partial charge in [-0.2, -0.15) is 0 Å². The number of anilines is 1. The van der Waals surface area contributed by atoms with E-state index in [2.05, 4.69) is 0 Å². The first-order chi connectivity index (χ1) is 11.5. The van der Waals surface area contributed by atoms with Crippen molar-refractivity contribution < 1.29 is 14.3 Å². The summed E-state index contributed by atoms with van der Waals surface area (Å²) in [5.41, 5.74) is 5.72. The van der Waals surface area contributed by atoms with Crippen LogP contribution in [-0.4, -0.2) is 28.2 Å². The van der Waals surface area contributed by atoms with E-state index in [4.69, 9.17) is 5.73 Å². The molecule has 24 heavy (non-hydrogen) atoms. The summed E-state index contributed by atoms with van der Waals surface area (Å²) in [4.78, 5) is 25.4. The molecular formula is C17H16FN3O3. The molecule has 3 N–H and O–H groups in total. The van der Waals surface area contributed by atoms with Crippen molar-refractivity contribution in [1.82, 2.24) is 4.57 Å². The van der Waals surface area contributed by atoms with Gasteiger partial charge >= 0.3 is 5.97 Å². The number of fused-ring (bicyclic) bond motifs is 1. The number of hydrogen-bond acceptors (Lipinski definition) is 4. The fourth-order valence-electron chi connectivity index (χ4n) is 3.13. The zero-order valence-corrected chi connectivity index (χ0v) is 12.8. The van der Waals surface area contributed by atoms with E-state index in [0.717, 1.165) is 18.9 Å². The largest absolute Gasteiger partial charge is 0.477 e. The molecule has 1 aliphatic heterocycles. The van der Waals surface area contributed by atoms with Gasteiger partial charge in [-0.05, 0) is 31.1 Å². The van der Waals surface area contributed by atoms with E-state index in [1.54, 1.807) is 27.8 Å². The number of aromatic nitrogens is 1. The summed E-state index contributed by atoms with van der Waals surface area (Å²) < 4.78 is 16.3. The molecule has 1 saturated carbocycles. The Kier molecular flexibility index (Phi) is 3.21. The second-order valence-corrected chi connectivity index (χ2v) is 6.29. The number of pyridine rings is 1. The molecule has 1 fully saturated rings. The van der Waals surface area contributed by atoms with Crippen LogP contribution in [0.25, 0.3) is 10.9 Å². The van der Waals surface area contributed by atoms with E-state index in [-0.39, 0.29) is 23.0 Å². The Morgan fingerprint density at radius 3 is 2.67 bits per heavy atom. The van der Waals surface area contributed by atoms with E-state index in [1.807, 2.05) is 0 Å². The number of aromatic carboxylic acids is 1. The molecule has 0 bridgehead atoms.